The van der Waals surface area contributed by atoms with Crippen molar-refractivity contribution in [2.24, 2.45) is 10.8 Å². The Morgan fingerprint density at radius 3 is 2.08 bits per heavy atom. The second kappa shape index (κ2) is 3.37. The Balaban J connectivity index is 2.68. The minimum Gasteiger partial charge on any atom is -0.396 e. The summed E-state index contributed by atoms with van der Waals surface area (Å²) in [5, 5.41) is 9.31. The highest BCUT2D eigenvalue weighted by Crippen LogP contribution is 2.48. The molecule has 0 unspecified atom stereocenters. The van der Waals surface area contributed by atoms with Gasteiger partial charge in [0.05, 0.1) is 0 Å². The second-order valence-electron chi connectivity index (χ2n) is 5.16. The van der Waals surface area contributed by atoms with Crippen molar-refractivity contribution in [3.8, 4) is 0 Å². The minimum atomic E-state index is 0.105. The minimum absolute atomic E-state index is 0.105. The van der Waals surface area contributed by atoms with E-state index >= 15 is 0 Å². The third-order valence-electron chi connectivity index (χ3n) is 3.99. The fourth-order valence-corrected chi connectivity index (χ4v) is 2.20. The van der Waals surface area contributed by atoms with E-state index in [0.29, 0.717) is 12.0 Å². The molecule has 1 saturated carbocycles. The molecule has 1 rings (SSSR count). The Morgan fingerprint density at radius 2 is 1.67 bits per heavy atom. The molecule has 1 nitrogen and oxygen atoms in total. The van der Waals surface area contributed by atoms with Gasteiger partial charge in [-0.1, -0.05) is 40.0 Å². The van der Waals surface area contributed by atoms with Crippen LogP contribution >= 0.6 is 0 Å². The summed E-state index contributed by atoms with van der Waals surface area (Å²) in [4.78, 5) is 0. The molecule has 0 heterocycles. The summed E-state index contributed by atoms with van der Waals surface area (Å²) in [5.41, 5.74) is 0.480. The largest absolute Gasteiger partial charge is 0.396 e. The average Bonchev–Trinajstić information content (AvgIpc) is 2.06. The molecule has 12 heavy (non-hydrogen) atoms. The molecule has 1 aliphatic rings. The highest BCUT2D eigenvalue weighted by atomic mass is 16.3. The lowest BCUT2D eigenvalue weighted by Gasteiger charge is -2.46. The van der Waals surface area contributed by atoms with Crippen LogP contribution in [0.25, 0.3) is 0 Å². The molecule has 0 radical (unpaired) electrons. The molecule has 0 aromatic heterocycles. The Bertz CT molecular complexity index is 143. The summed E-state index contributed by atoms with van der Waals surface area (Å²) in [6.07, 6.45) is 6.66. The maximum atomic E-state index is 9.31. The molecule has 1 N–H and O–H groups in total. The Hall–Kier alpha value is -0.0400. The van der Waals surface area contributed by atoms with Crippen LogP contribution in [0.2, 0.25) is 0 Å². The van der Waals surface area contributed by atoms with Crippen LogP contribution in [0.15, 0.2) is 0 Å². The zero-order chi connectivity index (χ0) is 9.24. The predicted molar refractivity (Wildman–Crippen MR) is 52.1 cm³/mol. The standard InChI is InChI=1S/C11H22O/c1-10(2,9-12)11(3)7-5-4-6-8-11/h12H,4-9H2,1-3H3. The topological polar surface area (TPSA) is 20.2 Å². The molecule has 0 spiro atoms. The first-order chi connectivity index (χ1) is 5.52. The molecule has 0 bridgehead atoms. The van der Waals surface area contributed by atoms with Gasteiger partial charge in [0.25, 0.3) is 0 Å². The third-order valence-corrected chi connectivity index (χ3v) is 3.99. The van der Waals surface area contributed by atoms with Gasteiger partial charge in [0.2, 0.25) is 0 Å². The van der Waals surface area contributed by atoms with Gasteiger partial charge in [-0.05, 0) is 23.7 Å². The lowest BCUT2D eigenvalue weighted by atomic mass is 9.60. The number of hydrogen-bond donors (Lipinski definition) is 1. The van der Waals surface area contributed by atoms with E-state index in [2.05, 4.69) is 20.8 Å². The molecule has 72 valence electrons. The summed E-state index contributed by atoms with van der Waals surface area (Å²) in [5.74, 6) is 0. The first-order valence-corrected chi connectivity index (χ1v) is 5.13. The molecule has 1 aliphatic carbocycles. The zero-order valence-corrected chi connectivity index (χ0v) is 8.69. The van der Waals surface area contributed by atoms with Gasteiger partial charge in [0, 0.05) is 6.61 Å². The number of aliphatic hydroxyl groups excluding tert-OH is 1. The third kappa shape index (κ3) is 1.66. The summed E-state index contributed by atoms with van der Waals surface area (Å²) in [7, 11) is 0. The summed E-state index contributed by atoms with van der Waals surface area (Å²) >= 11 is 0. The number of hydrogen-bond acceptors (Lipinski definition) is 1. The fourth-order valence-electron chi connectivity index (χ4n) is 2.20. The van der Waals surface area contributed by atoms with Crippen LogP contribution in [-0.2, 0) is 0 Å². The van der Waals surface area contributed by atoms with Gasteiger partial charge in [0.15, 0.2) is 0 Å². The second-order valence-corrected chi connectivity index (χ2v) is 5.16. The Morgan fingerprint density at radius 1 is 1.17 bits per heavy atom. The first-order valence-electron chi connectivity index (χ1n) is 5.13. The zero-order valence-electron chi connectivity index (χ0n) is 8.69. The smallest absolute Gasteiger partial charge is 0.0487 e. The van der Waals surface area contributed by atoms with Crippen LogP contribution in [0.4, 0.5) is 0 Å². The highest BCUT2D eigenvalue weighted by molar-refractivity contribution is 4.90. The van der Waals surface area contributed by atoms with Crippen molar-refractivity contribution >= 4 is 0 Å². The summed E-state index contributed by atoms with van der Waals surface area (Å²) in [6, 6.07) is 0. The molecule has 0 aromatic rings. The van der Waals surface area contributed by atoms with E-state index in [4.69, 9.17) is 0 Å². The van der Waals surface area contributed by atoms with Gasteiger partial charge in [-0.15, -0.1) is 0 Å². The van der Waals surface area contributed by atoms with E-state index in [9.17, 15) is 5.11 Å². The first kappa shape index (κ1) is 10.0. The molecule has 0 amide bonds. The van der Waals surface area contributed by atoms with Gasteiger partial charge in [-0.3, -0.25) is 0 Å². The highest BCUT2D eigenvalue weighted by Gasteiger charge is 2.40. The predicted octanol–water partition coefficient (Wildman–Crippen LogP) is 2.98. The van der Waals surface area contributed by atoms with E-state index in [0.717, 1.165) is 0 Å². The van der Waals surface area contributed by atoms with E-state index in [1.807, 2.05) is 0 Å². The average molecular weight is 170 g/mol. The molecule has 0 atom stereocenters. The summed E-state index contributed by atoms with van der Waals surface area (Å²) in [6.45, 7) is 7.04. The van der Waals surface area contributed by atoms with Crippen LogP contribution in [0.3, 0.4) is 0 Å². The quantitative estimate of drug-likeness (QED) is 0.675. The SMILES string of the molecule is CC(C)(CO)C1(C)CCCCC1. The van der Waals surface area contributed by atoms with E-state index < -0.39 is 0 Å². The molecular weight excluding hydrogens is 148 g/mol. The van der Waals surface area contributed by atoms with Gasteiger partial charge in [0.1, 0.15) is 0 Å². The van der Waals surface area contributed by atoms with Gasteiger partial charge in [-0.2, -0.15) is 0 Å². The van der Waals surface area contributed by atoms with Gasteiger partial charge >= 0.3 is 0 Å². The normalized spacial score (nSPS) is 24.0. The van der Waals surface area contributed by atoms with Crippen LogP contribution in [0, 0.1) is 10.8 Å². The summed E-state index contributed by atoms with van der Waals surface area (Å²) < 4.78 is 0. The Kier molecular flexibility index (Phi) is 2.82. The van der Waals surface area contributed by atoms with Crippen molar-refractivity contribution in [2.45, 2.75) is 52.9 Å². The van der Waals surface area contributed by atoms with E-state index in [1.165, 1.54) is 32.1 Å². The maximum absolute atomic E-state index is 9.31. The van der Waals surface area contributed by atoms with Crippen molar-refractivity contribution in [3.63, 3.8) is 0 Å². The molecular formula is C11H22O. The Labute approximate surface area is 76.2 Å². The van der Waals surface area contributed by atoms with Crippen molar-refractivity contribution in [2.75, 3.05) is 6.61 Å². The lowest BCUT2D eigenvalue weighted by Crippen LogP contribution is -2.39. The van der Waals surface area contributed by atoms with Crippen molar-refractivity contribution in [1.29, 1.82) is 0 Å². The molecule has 0 aliphatic heterocycles. The van der Waals surface area contributed by atoms with Crippen LogP contribution in [-0.4, -0.2) is 11.7 Å². The van der Waals surface area contributed by atoms with Crippen molar-refractivity contribution < 1.29 is 5.11 Å². The molecule has 0 saturated heterocycles. The maximum Gasteiger partial charge on any atom is 0.0487 e. The number of rotatable bonds is 2. The van der Waals surface area contributed by atoms with Gasteiger partial charge in [-0.25, -0.2) is 0 Å². The van der Waals surface area contributed by atoms with E-state index in [-0.39, 0.29) is 5.41 Å². The lowest BCUT2D eigenvalue weighted by molar-refractivity contribution is -0.00477. The van der Waals surface area contributed by atoms with Crippen molar-refractivity contribution in [1.82, 2.24) is 0 Å². The fraction of sp³-hybridized carbons (Fsp3) is 1.00. The van der Waals surface area contributed by atoms with Crippen LogP contribution in [0.1, 0.15) is 52.9 Å². The monoisotopic (exact) mass is 170 g/mol. The van der Waals surface area contributed by atoms with Crippen molar-refractivity contribution in [3.05, 3.63) is 0 Å². The van der Waals surface area contributed by atoms with Crippen LogP contribution < -0.4 is 0 Å². The van der Waals surface area contributed by atoms with Gasteiger partial charge < -0.3 is 5.11 Å². The molecule has 0 aromatic carbocycles. The van der Waals surface area contributed by atoms with Crippen LogP contribution in [0.5, 0.6) is 0 Å². The molecule has 1 heteroatoms. The molecule has 1 fully saturated rings. The number of aliphatic hydroxyl groups is 1. The van der Waals surface area contributed by atoms with E-state index in [1.54, 1.807) is 0 Å².